The minimum atomic E-state index is -1.41. The third-order valence-electron chi connectivity index (χ3n) is 15.9. The first-order valence-corrected chi connectivity index (χ1v) is 38.8. The lowest BCUT2D eigenvalue weighted by Gasteiger charge is -2.05. The Hall–Kier alpha value is -13.6. The van der Waals surface area contributed by atoms with Crippen LogP contribution in [-0.4, -0.2) is 97.3 Å². The number of carbonyl (C=O) groups excluding carboxylic acids is 5. The van der Waals surface area contributed by atoms with E-state index in [0.717, 1.165) is 52.9 Å². The predicted molar refractivity (Wildman–Crippen MR) is 474 cm³/mol. The number of nitrogens with two attached hydrogens (primary N) is 1. The molecular formula is C89H81BBr4F5N5O19. The number of hydrogen-bond donors (Lipinski definition) is 8. The van der Waals surface area contributed by atoms with E-state index in [1.54, 1.807) is 61.1 Å². The molecular weight excluding hydrogens is 1870 g/mol. The number of rotatable bonds is 23. The van der Waals surface area contributed by atoms with Crippen molar-refractivity contribution in [2.75, 3.05) is 6.54 Å². The molecule has 0 saturated carbocycles. The quantitative estimate of drug-likeness (QED) is 0.00431. The summed E-state index contributed by atoms with van der Waals surface area (Å²) in [6.07, 6.45) is 25.3. The molecule has 0 fully saturated rings. The fraction of sp³-hybridized carbons (Fsp3) is 0.0562. The predicted octanol–water partition coefficient (Wildman–Crippen LogP) is 20.2. The molecule has 14 rings (SSSR count). The summed E-state index contributed by atoms with van der Waals surface area (Å²) in [5.41, 5.74) is 13.8. The van der Waals surface area contributed by atoms with Crippen LogP contribution < -0.4 is 22.0 Å². The van der Waals surface area contributed by atoms with Crippen LogP contribution in [0.1, 0.15) is 87.0 Å². The summed E-state index contributed by atoms with van der Waals surface area (Å²) >= 11 is 13.2. The molecule has 642 valence electrons. The minimum Gasteiger partial charge on any atom is -0.481 e. The Morgan fingerprint density at radius 3 is 1.21 bits per heavy atom. The number of carbonyl (C=O) groups is 8. The van der Waals surface area contributed by atoms with Gasteiger partial charge in [0.05, 0.1) is 88.4 Å². The Bertz CT molecular complexity index is 5910. The molecule has 0 bridgehead atoms. The van der Waals surface area contributed by atoms with Crippen molar-refractivity contribution in [3.63, 3.8) is 0 Å². The standard InChI is InChI=1S/C22H17BrFNO3.C21H14BrFN2O2.C13H9FO3.C11H7FO2.C8H9BrN2O.C7H4BrFO.C4H5BO3.C3H4O4.6H2/c23-18-3-1-2-15(10-18)11-22(27)25-13-20(26)7-5-16-4-6-19(24)12-21(16)17-8-9-28-14-17;22-17-3-1-2-14(10-17)11-21-25-24-20(27-21)7-5-15-4-6-18(23)12-19(15)16-8-9-26-13-16;14-11-3-1-9(2-4-13(15)16)12(7-11)10-5-6-17-8-10;12-10-2-1-8(6-13)11(5-10)9-3-4-14-7-9;9-7-3-1-2-6(4-7)5-8(12)11-10;8-7-3-6(9)2-1-5(7)4-10;6-5(7)4-1-2-8-3-4;4-2(5)1-3(6)7;;;;;;/h1-10,12,14H,11,13H2,(H,25,27);1-10,12-13H,11H2;1-8H,(H,15,16);1-7H;1-4H,5,10H2,(H,11,12);1-4H;1-3,6-7H;1H2,(H,4,5)(H,6,7);6*1H/b2*7-5+;4-2+;;;;;;;;;;;/i;;;;;;;;4*1+2T;2*1+2. The number of aldehydes is 2. The van der Waals surface area contributed by atoms with Crippen molar-refractivity contribution in [2.45, 2.75) is 25.7 Å². The SMILES string of the molecule is Fc1ccc(/C=C/c2nnc(Cc3cccc(Br)c3)o2)c(-c2ccoc2)c1.NNC(=O)Cc1cccc(Br)c1.O=C(/C=C/c1ccc(F)cc1-c1ccoc1)CNC(=O)Cc1cccc(Br)c1.O=C(O)/C=C/c1ccc(F)cc1-c1ccoc1.O=C(O)CC(=O)O.O=Cc1ccc(F)cc1-c1ccoc1.O=Cc1ccc(F)cc1Br.OB(O)c1ccoc1.[3HH].[3HH].[3H][3H].[3H][3H].[3H][3H].[3H][3H]. The zero-order valence-corrected chi connectivity index (χ0v) is 70.1. The average molecular weight is 1970 g/mol. The molecule has 6 aromatic heterocycles. The van der Waals surface area contributed by atoms with Crippen LogP contribution in [0.15, 0.2) is 313 Å². The molecule has 0 aliphatic rings. The van der Waals surface area contributed by atoms with Gasteiger partial charge in [0.25, 0.3) is 0 Å². The second-order valence-corrected chi connectivity index (χ2v) is 28.5. The molecule has 0 unspecified atom stereocenters. The van der Waals surface area contributed by atoms with Crippen LogP contribution in [0.25, 0.3) is 68.8 Å². The largest absolute Gasteiger partial charge is 0.491 e. The maximum Gasteiger partial charge on any atom is 0.491 e. The molecule has 0 aliphatic heterocycles. The number of aliphatic carboxylic acids is 3. The number of furan rings is 5. The van der Waals surface area contributed by atoms with E-state index in [1.807, 2.05) is 78.9 Å². The first kappa shape index (κ1) is 90.2. The van der Waals surface area contributed by atoms with Gasteiger partial charge in [-0.05, 0) is 229 Å². The molecule has 123 heavy (non-hydrogen) atoms. The molecule has 34 heteroatoms. The van der Waals surface area contributed by atoms with Crippen LogP contribution in [0.5, 0.6) is 0 Å². The zero-order chi connectivity index (χ0) is 97.2. The summed E-state index contributed by atoms with van der Waals surface area (Å²) in [4.78, 5) is 85.1. The Kier molecular flexibility index (Phi) is 37.5. The maximum atomic E-state index is 13.6. The lowest BCUT2D eigenvalue weighted by molar-refractivity contribution is -0.147. The van der Waals surface area contributed by atoms with Gasteiger partial charge in [-0.2, -0.15) is 0 Å². The summed E-state index contributed by atoms with van der Waals surface area (Å²) in [6, 6.07) is 52.2. The highest BCUT2D eigenvalue weighted by Gasteiger charge is 2.15. The Morgan fingerprint density at radius 2 is 0.837 bits per heavy atom. The van der Waals surface area contributed by atoms with E-state index in [9.17, 15) is 60.3 Å². The van der Waals surface area contributed by atoms with Crippen LogP contribution in [0, 0.1) is 29.1 Å². The number of hydrazine groups is 1. The summed E-state index contributed by atoms with van der Waals surface area (Å²) in [7, 11) is -1.41. The van der Waals surface area contributed by atoms with Crippen LogP contribution in [0.2, 0.25) is 0 Å². The lowest BCUT2D eigenvalue weighted by Crippen LogP contribution is -2.31. The molecule has 6 heterocycles. The van der Waals surface area contributed by atoms with E-state index in [4.69, 9.17) is 65.2 Å². The first-order valence-electron chi connectivity index (χ1n) is 39.6. The van der Waals surface area contributed by atoms with Crippen molar-refractivity contribution < 1.29 is 127 Å². The normalized spacial score (nSPS) is 10.6. The van der Waals surface area contributed by atoms with Gasteiger partial charge in [0.1, 0.15) is 35.5 Å². The van der Waals surface area contributed by atoms with Crippen molar-refractivity contribution in [2.24, 2.45) is 5.84 Å². The van der Waals surface area contributed by atoms with Gasteiger partial charge in [-0.15, -0.1) is 10.2 Å². The Labute approximate surface area is 746 Å². The van der Waals surface area contributed by atoms with E-state index >= 15 is 0 Å². The maximum absolute atomic E-state index is 13.6. The number of hydrogen-bond acceptors (Lipinski definition) is 19. The number of ketones is 1. The van der Waals surface area contributed by atoms with E-state index in [2.05, 4.69) is 89.1 Å². The number of carboxylic acids is 3. The number of aromatic nitrogens is 2. The van der Waals surface area contributed by atoms with Crippen molar-refractivity contribution in [3.05, 3.63) is 372 Å². The molecule has 0 atom stereocenters. The minimum absolute atomic E-state index is 0. The van der Waals surface area contributed by atoms with E-state index in [-0.39, 0.29) is 62.5 Å². The Balaban J connectivity index is 0.000000780. The molecule has 0 aliphatic carbocycles. The first-order chi connectivity index (χ1) is 63.0. The molecule has 0 radical (unpaired) electrons. The second kappa shape index (κ2) is 51.1. The van der Waals surface area contributed by atoms with Crippen molar-refractivity contribution in [1.29, 1.82) is 0 Å². The zero-order valence-electron chi connectivity index (χ0n) is 71.8. The average Bonchev–Trinajstić information content (AvgIpc) is 1.80. The summed E-state index contributed by atoms with van der Waals surface area (Å²) in [5, 5.41) is 51.5. The number of amides is 2. The van der Waals surface area contributed by atoms with Crippen LogP contribution >= 0.6 is 63.7 Å². The van der Waals surface area contributed by atoms with E-state index in [1.165, 1.54) is 147 Å². The van der Waals surface area contributed by atoms with Gasteiger partial charge >= 0.3 is 25.0 Å². The number of halogens is 9. The summed E-state index contributed by atoms with van der Waals surface area (Å²) < 4.78 is 139. The van der Waals surface area contributed by atoms with Gasteiger partial charge in [-0.3, -0.25) is 39.0 Å². The van der Waals surface area contributed by atoms with Gasteiger partial charge in [0.15, 0.2) is 18.4 Å². The van der Waals surface area contributed by atoms with Gasteiger partial charge in [-0.25, -0.2) is 32.6 Å². The molecule has 9 N–H and O–H groups in total. The molecule has 0 spiro atoms. The third kappa shape index (κ3) is 34.9. The molecule has 8 aromatic carbocycles. The summed E-state index contributed by atoms with van der Waals surface area (Å²) in [5.74, 6) is -0.270. The van der Waals surface area contributed by atoms with E-state index in [0.29, 0.717) is 103 Å². The number of carboxylic acid groups (broad SMARTS) is 3. The smallest absolute Gasteiger partial charge is 0.481 e. The fourth-order valence-electron chi connectivity index (χ4n) is 10.2. The second-order valence-electron chi connectivity index (χ2n) is 24.9. The third-order valence-corrected chi connectivity index (χ3v) is 18.0. The topological polar surface area (TPSA) is 392 Å². The van der Waals surface area contributed by atoms with Crippen LogP contribution in [-0.2, 0) is 48.0 Å². The van der Waals surface area contributed by atoms with Crippen molar-refractivity contribution in [3.8, 4) is 44.5 Å². The number of benzene rings is 8. The highest BCUT2D eigenvalue weighted by atomic mass is 79.9. The van der Waals surface area contributed by atoms with Crippen LogP contribution in [0.3, 0.4) is 0 Å². The Morgan fingerprint density at radius 1 is 0.447 bits per heavy atom. The number of nitrogens with zero attached hydrogens (tertiary/aromatic N) is 2. The van der Waals surface area contributed by atoms with Gasteiger partial charge in [-0.1, -0.05) is 108 Å². The van der Waals surface area contributed by atoms with Crippen molar-refractivity contribution in [1.82, 2.24) is 20.9 Å². The fourth-order valence-corrected chi connectivity index (χ4v) is 12.0. The number of nitrogens with one attached hydrogen (secondary N) is 2. The molecule has 0 saturated heterocycles. The summed E-state index contributed by atoms with van der Waals surface area (Å²) in [6.45, 7) is -0.106. The van der Waals surface area contributed by atoms with Gasteiger partial charge < -0.3 is 57.2 Å². The molecule has 14 aromatic rings. The van der Waals surface area contributed by atoms with Gasteiger partial charge in [0.2, 0.25) is 23.6 Å². The molecule has 2 amide bonds. The highest BCUT2D eigenvalue weighted by molar-refractivity contribution is 9.11. The van der Waals surface area contributed by atoms with Crippen LogP contribution in [0.4, 0.5) is 22.0 Å². The van der Waals surface area contributed by atoms with E-state index < -0.39 is 31.4 Å². The lowest BCUT2D eigenvalue weighted by atomic mass is 9.83. The highest BCUT2D eigenvalue weighted by Crippen LogP contribution is 2.31. The monoisotopic (exact) mass is 1970 g/mol. The van der Waals surface area contributed by atoms with Gasteiger partial charge in [0, 0.05) is 83.6 Å². The van der Waals surface area contributed by atoms with Crippen molar-refractivity contribution >= 4 is 149 Å². The molecule has 24 nitrogen and oxygen atoms in total.